The Morgan fingerprint density at radius 2 is 0.536 bits per heavy atom. The van der Waals surface area contributed by atoms with Crippen molar-refractivity contribution in [2.45, 2.75) is 173 Å². The first-order chi connectivity index (χ1) is 67.6. The third kappa shape index (κ3) is 10.4. The lowest BCUT2D eigenvalue weighted by Gasteiger charge is -2.64. The Bertz CT molecular complexity index is 7720. The van der Waals surface area contributed by atoms with E-state index in [4.69, 9.17) is 0 Å². The number of fused-ring (bicyclic) bond motifs is 18. The van der Waals surface area contributed by atoms with Gasteiger partial charge in [-0.3, -0.25) is 0 Å². The third-order valence-electron chi connectivity index (χ3n) is 39.5. The van der Waals surface area contributed by atoms with E-state index in [0.717, 1.165) is 71.0 Å². The molecule has 0 unspecified atom stereocenters. The van der Waals surface area contributed by atoms with Crippen molar-refractivity contribution in [1.82, 2.24) is 0 Å². The van der Waals surface area contributed by atoms with Crippen LogP contribution in [0.1, 0.15) is 184 Å². The molecule has 0 amide bonds. The fourth-order valence-corrected chi connectivity index (χ4v) is 35.5. The highest BCUT2D eigenvalue weighted by Gasteiger charge is 2.67. The van der Waals surface area contributed by atoms with Crippen LogP contribution in [0.2, 0.25) is 0 Å². The number of para-hydroxylation sites is 6. The highest BCUT2D eigenvalue weighted by molar-refractivity contribution is 7.02. The molecule has 0 radical (unpaired) electrons. The molecule has 0 atom stereocenters. The monoisotopic (exact) mass is 1780 g/mol. The number of rotatable bonds is 3. The maximum Gasteiger partial charge on any atom is 0.252 e. The van der Waals surface area contributed by atoms with E-state index in [1.807, 2.05) is 0 Å². The molecule has 138 heavy (non-hydrogen) atoms. The Balaban J connectivity index is 0.0000000959. The maximum atomic E-state index is 2.70. The quantitative estimate of drug-likeness (QED) is 0.163. The fourth-order valence-electron chi connectivity index (χ4n) is 35.5. The molecule has 36 rings (SSSR count). The minimum atomic E-state index is 0.0565. The maximum absolute atomic E-state index is 2.70. The summed E-state index contributed by atoms with van der Waals surface area (Å²) in [5.74, 6) is 10.1. The van der Waals surface area contributed by atoms with Gasteiger partial charge in [0.15, 0.2) is 0 Å². The lowest BCUT2D eigenvalue weighted by molar-refractivity contribution is -0.0419. The van der Waals surface area contributed by atoms with E-state index in [9.17, 15) is 0 Å². The highest BCUT2D eigenvalue weighted by Crippen LogP contribution is 2.74. The second kappa shape index (κ2) is 28.5. The van der Waals surface area contributed by atoms with E-state index in [-0.39, 0.29) is 41.8 Å². The number of benzene rings is 15. The summed E-state index contributed by atoms with van der Waals surface area (Å²) in [7, 11) is 0. The van der Waals surface area contributed by atoms with Gasteiger partial charge in [-0.15, -0.1) is 0 Å². The van der Waals surface area contributed by atoms with Gasteiger partial charge in [-0.1, -0.05) is 238 Å². The van der Waals surface area contributed by atoms with Crippen molar-refractivity contribution < 1.29 is 0 Å². The lowest BCUT2D eigenvalue weighted by Crippen LogP contribution is -2.64. The summed E-state index contributed by atoms with van der Waals surface area (Å²) in [4.78, 5) is 15.7. The van der Waals surface area contributed by atoms with Crippen LogP contribution in [-0.2, 0) is 21.7 Å². The van der Waals surface area contributed by atoms with Crippen molar-refractivity contribution >= 4 is 172 Å². The van der Waals surface area contributed by atoms with Crippen molar-refractivity contribution in [3.8, 4) is 0 Å². The van der Waals surface area contributed by atoms with Crippen molar-refractivity contribution in [3.63, 3.8) is 0 Å². The molecule has 0 aromatic heterocycles. The van der Waals surface area contributed by atoms with E-state index in [0.29, 0.717) is 0 Å². The SMILES string of the molecule is Cc1ccc(N2c3cc(C(C)(C)C)ccc3B3c4cccc5c4N(c4ccccc4C54C5CC6CC(C5)CC4C6)c4cccc2c43)cc1.Cc1cccc(N2c3ccc(C)cc3B3c4cccc5c4N(c4ccccc4C54C5CC6CC(C5)CC4C6)c4cccc2c43)c1.Cc1cccc(N2c3cccc(C)c3B3c4cccc5c4N(c4ccccc4C54C5CC6CC(C5)CC4C6)c4cccc2c43)c1. The molecule has 15 aromatic carbocycles. The highest BCUT2D eigenvalue weighted by atomic mass is 15.2. The molecule has 672 valence electrons. The number of hydrogen-bond donors (Lipinski definition) is 0. The van der Waals surface area contributed by atoms with Crippen LogP contribution in [0.25, 0.3) is 0 Å². The van der Waals surface area contributed by atoms with Crippen molar-refractivity contribution in [2.75, 3.05) is 29.4 Å². The summed E-state index contributed by atoms with van der Waals surface area (Å²) in [6, 6.07) is 121. The summed E-state index contributed by atoms with van der Waals surface area (Å²) in [5.41, 5.74) is 55.6. The van der Waals surface area contributed by atoms with Crippen molar-refractivity contribution in [2.24, 2.45) is 71.0 Å². The Morgan fingerprint density at radius 1 is 0.217 bits per heavy atom. The molecular weight excluding hydrogens is 1670 g/mol. The zero-order chi connectivity index (χ0) is 91.3. The Morgan fingerprint density at radius 3 is 0.949 bits per heavy atom. The second-order valence-electron chi connectivity index (χ2n) is 47.4. The van der Waals surface area contributed by atoms with E-state index < -0.39 is 0 Å². The number of hydrogen-bond acceptors (Lipinski definition) is 6. The summed E-state index contributed by atoms with van der Waals surface area (Å²) < 4.78 is 0. The Kier molecular flexibility index (Phi) is 16.6. The van der Waals surface area contributed by atoms with Gasteiger partial charge in [0, 0.05) is 102 Å². The first kappa shape index (κ1) is 80.3. The smallest absolute Gasteiger partial charge is 0.252 e. The first-order valence-corrected chi connectivity index (χ1v) is 53.0. The lowest BCUT2D eigenvalue weighted by atomic mass is 9.32. The van der Waals surface area contributed by atoms with Gasteiger partial charge in [0.1, 0.15) is 0 Å². The predicted molar refractivity (Wildman–Crippen MR) is 577 cm³/mol. The average molecular weight is 1780 g/mol. The van der Waals surface area contributed by atoms with E-state index in [1.54, 1.807) is 33.4 Å². The molecule has 0 saturated heterocycles. The molecule has 21 aliphatic rings. The average Bonchev–Trinajstić information content (AvgIpc) is 0.667. The molecular formula is C129H117B3N6. The van der Waals surface area contributed by atoms with Crippen LogP contribution in [0.15, 0.2) is 309 Å². The minimum Gasteiger partial charge on any atom is -0.311 e. The summed E-state index contributed by atoms with van der Waals surface area (Å²) in [6.45, 7) is 18.8. The van der Waals surface area contributed by atoms with Crippen LogP contribution >= 0.6 is 0 Å². The van der Waals surface area contributed by atoms with E-state index in [1.165, 1.54) is 281 Å². The van der Waals surface area contributed by atoms with Gasteiger partial charge >= 0.3 is 0 Å². The van der Waals surface area contributed by atoms with Gasteiger partial charge in [0.05, 0.1) is 17.1 Å². The van der Waals surface area contributed by atoms with Crippen LogP contribution < -0.4 is 78.6 Å². The van der Waals surface area contributed by atoms with Crippen LogP contribution in [0.4, 0.5) is 102 Å². The normalized spacial score (nSPS) is 27.1. The molecule has 12 saturated carbocycles. The van der Waals surface area contributed by atoms with Crippen LogP contribution in [0.5, 0.6) is 0 Å². The van der Waals surface area contributed by atoms with Crippen LogP contribution in [0.3, 0.4) is 0 Å². The van der Waals surface area contributed by atoms with Gasteiger partial charge in [-0.05, 0) is 416 Å². The molecule has 12 aliphatic carbocycles. The van der Waals surface area contributed by atoms with Gasteiger partial charge < -0.3 is 29.4 Å². The molecule has 0 N–H and O–H groups in total. The van der Waals surface area contributed by atoms with E-state index >= 15 is 0 Å². The second-order valence-corrected chi connectivity index (χ2v) is 47.4. The predicted octanol–water partition coefficient (Wildman–Crippen LogP) is 26.3. The molecule has 9 heteroatoms. The largest absolute Gasteiger partial charge is 0.311 e. The van der Waals surface area contributed by atoms with Gasteiger partial charge in [0.2, 0.25) is 0 Å². The molecule has 9 heterocycles. The van der Waals surface area contributed by atoms with Gasteiger partial charge in [-0.2, -0.15) is 0 Å². The zero-order valence-corrected chi connectivity index (χ0v) is 80.9. The molecule has 15 aromatic rings. The summed E-state index contributed by atoms with van der Waals surface area (Å²) >= 11 is 0. The number of anilines is 18. The zero-order valence-electron chi connectivity index (χ0n) is 80.9. The van der Waals surface area contributed by atoms with Crippen molar-refractivity contribution in [1.29, 1.82) is 0 Å². The van der Waals surface area contributed by atoms with E-state index in [2.05, 4.69) is 394 Å². The molecule has 6 nitrogen and oxygen atoms in total. The minimum absolute atomic E-state index is 0.0565. The standard InChI is InChI=1S/C45H43BN2.2C42H37BN2/c1-27-15-18-33(19-16-27)47-39-13-8-14-40-42(39)46(36-20-17-30(26-41(36)47)44(2,3)4)37-11-7-10-35-43(37)48(40)38-12-6-5-9-34(38)45(35)31-22-28-21-29(24-31)25-32(45)23-28;1-25-9-5-11-31(19-25)44-36-16-6-10-26(2)39(36)43-34-14-7-13-33-41(34)45(38-18-8-17-37(44)40(38)43)35-15-4-3-12-32(35)42(33)29-21-27-20-28(23-29)24-30(42)22-27;1-25-8-5-9-31(18-25)44-37-17-16-26(2)19-35(37)43-34-12-6-11-33-41(34)45(39-15-7-14-38(44)40(39)43)36-13-4-3-10-32(36)42(33)29-21-27-20-28(23-29)24-30(42)22-27/h5-20,26,28-29,31-32H,21-25H2,1-4H3;2*3-19,27-30H,20-24H2,1-2H3. The molecule has 12 fully saturated rings. The van der Waals surface area contributed by atoms with Crippen LogP contribution in [0, 0.1) is 106 Å². The topological polar surface area (TPSA) is 19.4 Å². The third-order valence-corrected chi connectivity index (χ3v) is 39.5. The van der Waals surface area contributed by atoms with Crippen LogP contribution in [-0.4, -0.2) is 20.1 Å². The molecule has 9 aliphatic heterocycles. The molecule has 12 bridgehead atoms. The summed E-state index contributed by atoms with van der Waals surface area (Å²) in [5, 5.41) is 0. The van der Waals surface area contributed by atoms with Gasteiger partial charge in [0.25, 0.3) is 20.1 Å². The number of nitrogens with zero attached hydrogens (tertiary/aromatic N) is 6. The van der Waals surface area contributed by atoms with Gasteiger partial charge in [-0.25, -0.2) is 0 Å². The summed E-state index contributed by atoms with van der Waals surface area (Å²) in [6.07, 6.45) is 21.3. The number of aryl methyl sites for hydroxylation is 5. The molecule has 3 spiro atoms. The van der Waals surface area contributed by atoms with Crippen molar-refractivity contribution in [3.05, 3.63) is 376 Å². The Hall–Kier alpha value is -12.7. The fraction of sp³-hybridized carbons (Fsp3) is 0.302. The Labute approximate surface area is 815 Å². The first-order valence-electron chi connectivity index (χ1n) is 53.0.